The number of ether oxygens (including phenoxy) is 1. The van der Waals surface area contributed by atoms with Gasteiger partial charge in [0.1, 0.15) is 11.7 Å². The Kier molecular flexibility index (Phi) is 4.82. The number of hydrogen-bond acceptors (Lipinski definition) is 4. The van der Waals surface area contributed by atoms with Crippen LogP contribution in [0.3, 0.4) is 0 Å². The van der Waals surface area contributed by atoms with Crippen LogP contribution in [0.25, 0.3) is 0 Å². The van der Waals surface area contributed by atoms with Crippen LogP contribution >= 0.6 is 0 Å². The smallest absolute Gasteiger partial charge is 0.316 e. The van der Waals surface area contributed by atoms with Crippen LogP contribution in [0.4, 0.5) is 0 Å². The van der Waals surface area contributed by atoms with Crippen LogP contribution in [0.1, 0.15) is 56.7 Å². The van der Waals surface area contributed by atoms with Crippen molar-refractivity contribution in [2.75, 3.05) is 7.11 Å². The summed E-state index contributed by atoms with van der Waals surface area (Å²) < 4.78 is 4.85. The molecule has 4 nitrogen and oxygen atoms in total. The van der Waals surface area contributed by atoms with Gasteiger partial charge in [-0.15, -0.1) is 0 Å². The van der Waals surface area contributed by atoms with E-state index < -0.39 is 5.92 Å². The molecule has 4 heteroatoms. The highest BCUT2D eigenvalue weighted by Crippen LogP contribution is 2.24. The SMILES string of the molecule is COC(=O)C(c1nc(C)cc(C(C)C)n1)C(C)C. The van der Waals surface area contributed by atoms with Crippen LogP contribution in [0.5, 0.6) is 0 Å². The average Bonchev–Trinajstić information content (AvgIpc) is 2.27. The number of esters is 1. The molecule has 0 bridgehead atoms. The third-order valence-electron chi connectivity index (χ3n) is 2.88. The molecule has 0 radical (unpaired) electrons. The number of aryl methyl sites for hydroxylation is 1. The molecule has 0 aliphatic rings. The Morgan fingerprint density at radius 3 is 2.28 bits per heavy atom. The molecule has 0 fully saturated rings. The van der Waals surface area contributed by atoms with Gasteiger partial charge < -0.3 is 4.74 Å². The molecular weight excluding hydrogens is 228 g/mol. The predicted octanol–water partition coefficient (Wildman–Crippen LogP) is 2.82. The van der Waals surface area contributed by atoms with Crippen LogP contribution < -0.4 is 0 Å². The Morgan fingerprint density at radius 2 is 1.83 bits per heavy atom. The maximum Gasteiger partial charge on any atom is 0.316 e. The molecule has 1 rings (SSSR count). The first-order valence-corrected chi connectivity index (χ1v) is 6.30. The zero-order valence-corrected chi connectivity index (χ0v) is 12.0. The first-order chi connectivity index (χ1) is 8.36. The van der Waals surface area contributed by atoms with Crippen molar-refractivity contribution in [3.63, 3.8) is 0 Å². The van der Waals surface area contributed by atoms with E-state index in [4.69, 9.17) is 4.74 Å². The van der Waals surface area contributed by atoms with E-state index in [0.717, 1.165) is 11.4 Å². The third kappa shape index (κ3) is 3.28. The van der Waals surface area contributed by atoms with Gasteiger partial charge >= 0.3 is 5.97 Å². The highest BCUT2D eigenvalue weighted by molar-refractivity contribution is 5.77. The summed E-state index contributed by atoms with van der Waals surface area (Å²) in [4.78, 5) is 20.8. The van der Waals surface area contributed by atoms with E-state index in [0.29, 0.717) is 11.7 Å². The molecule has 1 heterocycles. The number of carbonyl (C=O) groups excluding carboxylic acids is 1. The van der Waals surface area contributed by atoms with E-state index in [2.05, 4.69) is 23.8 Å². The zero-order valence-electron chi connectivity index (χ0n) is 12.0. The van der Waals surface area contributed by atoms with Crippen molar-refractivity contribution < 1.29 is 9.53 Å². The molecule has 0 N–H and O–H groups in total. The Balaban J connectivity index is 3.24. The summed E-state index contributed by atoms with van der Waals surface area (Å²) in [6.45, 7) is 10.0. The summed E-state index contributed by atoms with van der Waals surface area (Å²) >= 11 is 0. The van der Waals surface area contributed by atoms with E-state index in [9.17, 15) is 4.79 Å². The Morgan fingerprint density at radius 1 is 1.22 bits per heavy atom. The summed E-state index contributed by atoms with van der Waals surface area (Å²) in [5, 5.41) is 0. The molecule has 18 heavy (non-hydrogen) atoms. The van der Waals surface area contributed by atoms with Gasteiger partial charge in [0.15, 0.2) is 0 Å². The molecule has 1 aromatic heterocycles. The van der Waals surface area contributed by atoms with Gasteiger partial charge in [0.2, 0.25) is 0 Å². The minimum Gasteiger partial charge on any atom is -0.468 e. The molecule has 0 saturated carbocycles. The summed E-state index contributed by atoms with van der Waals surface area (Å²) in [6.07, 6.45) is 0. The normalized spacial score (nSPS) is 12.9. The minimum atomic E-state index is -0.396. The molecule has 100 valence electrons. The average molecular weight is 250 g/mol. The Hall–Kier alpha value is -1.45. The van der Waals surface area contributed by atoms with Crippen LogP contribution in [-0.2, 0) is 9.53 Å². The fourth-order valence-corrected chi connectivity index (χ4v) is 1.85. The van der Waals surface area contributed by atoms with Crippen molar-refractivity contribution in [3.05, 3.63) is 23.3 Å². The topological polar surface area (TPSA) is 52.1 Å². The summed E-state index contributed by atoms with van der Waals surface area (Å²) in [6, 6.07) is 1.96. The molecule has 1 unspecified atom stereocenters. The lowest BCUT2D eigenvalue weighted by molar-refractivity contribution is -0.143. The van der Waals surface area contributed by atoms with Gasteiger partial charge in [-0.1, -0.05) is 27.7 Å². The maximum absolute atomic E-state index is 11.8. The van der Waals surface area contributed by atoms with Crippen molar-refractivity contribution in [2.24, 2.45) is 5.92 Å². The van der Waals surface area contributed by atoms with Crippen molar-refractivity contribution in [1.29, 1.82) is 0 Å². The fraction of sp³-hybridized carbons (Fsp3) is 0.643. The monoisotopic (exact) mass is 250 g/mol. The van der Waals surface area contributed by atoms with Gasteiger partial charge in [-0.05, 0) is 24.8 Å². The van der Waals surface area contributed by atoms with E-state index in [1.807, 2.05) is 26.8 Å². The quantitative estimate of drug-likeness (QED) is 0.771. The maximum atomic E-state index is 11.8. The van der Waals surface area contributed by atoms with Crippen molar-refractivity contribution in [2.45, 2.75) is 46.5 Å². The molecule has 0 saturated heterocycles. The summed E-state index contributed by atoms with van der Waals surface area (Å²) in [7, 11) is 1.40. The Labute approximate surface area is 109 Å². The number of rotatable bonds is 4. The summed E-state index contributed by atoms with van der Waals surface area (Å²) in [5.41, 5.74) is 1.85. The van der Waals surface area contributed by atoms with Crippen LogP contribution in [0.2, 0.25) is 0 Å². The van der Waals surface area contributed by atoms with E-state index in [1.165, 1.54) is 7.11 Å². The van der Waals surface area contributed by atoms with E-state index >= 15 is 0 Å². The first kappa shape index (κ1) is 14.6. The predicted molar refractivity (Wildman–Crippen MR) is 70.5 cm³/mol. The van der Waals surface area contributed by atoms with Crippen LogP contribution in [-0.4, -0.2) is 23.0 Å². The van der Waals surface area contributed by atoms with Gasteiger partial charge in [-0.25, -0.2) is 9.97 Å². The van der Waals surface area contributed by atoms with Crippen molar-refractivity contribution in [3.8, 4) is 0 Å². The van der Waals surface area contributed by atoms with Gasteiger partial charge in [0, 0.05) is 11.4 Å². The fourth-order valence-electron chi connectivity index (χ4n) is 1.85. The molecular formula is C14H22N2O2. The van der Waals surface area contributed by atoms with E-state index in [-0.39, 0.29) is 11.9 Å². The molecule has 0 aliphatic heterocycles. The molecule has 1 atom stereocenters. The lowest BCUT2D eigenvalue weighted by Gasteiger charge is -2.18. The lowest BCUT2D eigenvalue weighted by atomic mass is 9.94. The van der Waals surface area contributed by atoms with E-state index in [1.54, 1.807) is 0 Å². The first-order valence-electron chi connectivity index (χ1n) is 6.30. The largest absolute Gasteiger partial charge is 0.468 e. The molecule has 0 aromatic carbocycles. The molecule has 0 spiro atoms. The number of nitrogens with zero attached hydrogens (tertiary/aromatic N) is 2. The highest BCUT2D eigenvalue weighted by Gasteiger charge is 2.28. The van der Waals surface area contributed by atoms with Gasteiger partial charge in [-0.3, -0.25) is 4.79 Å². The standard InChI is InChI=1S/C14H22N2O2/c1-8(2)11-7-10(5)15-13(16-11)12(9(3)4)14(17)18-6/h7-9,12H,1-6H3. The van der Waals surface area contributed by atoms with Crippen molar-refractivity contribution >= 4 is 5.97 Å². The second-order valence-corrected chi connectivity index (χ2v) is 5.19. The molecule has 0 amide bonds. The number of carbonyl (C=O) groups is 1. The minimum absolute atomic E-state index is 0.110. The zero-order chi connectivity index (χ0) is 13.9. The second-order valence-electron chi connectivity index (χ2n) is 5.19. The lowest BCUT2D eigenvalue weighted by Crippen LogP contribution is -2.23. The molecule has 1 aromatic rings. The van der Waals surface area contributed by atoms with Crippen LogP contribution in [0.15, 0.2) is 6.07 Å². The number of methoxy groups -OCH3 is 1. The molecule has 0 aliphatic carbocycles. The van der Waals surface area contributed by atoms with Crippen LogP contribution in [0, 0.1) is 12.8 Å². The van der Waals surface area contributed by atoms with Gasteiger partial charge in [0.05, 0.1) is 7.11 Å². The number of hydrogen-bond donors (Lipinski definition) is 0. The third-order valence-corrected chi connectivity index (χ3v) is 2.88. The number of aromatic nitrogens is 2. The van der Waals surface area contributed by atoms with Gasteiger partial charge in [0.25, 0.3) is 0 Å². The highest BCUT2D eigenvalue weighted by atomic mass is 16.5. The van der Waals surface area contributed by atoms with Crippen molar-refractivity contribution in [1.82, 2.24) is 9.97 Å². The summed E-state index contributed by atoms with van der Waals surface area (Å²) in [5.74, 6) is 0.327. The van der Waals surface area contributed by atoms with Gasteiger partial charge in [-0.2, -0.15) is 0 Å². The second kappa shape index (κ2) is 5.94. The Bertz CT molecular complexity index is 428.